The highest BCUT2D eigenvalue weighted by Crippen LogP contribution is 2.21. The van der Waals surface area contributed by atoms with Crippen LogP contribution < -0.4 is 16.2 Å². The van der Waals surface area contributed by atoms with E-state index in [4.69, 9.17) is 0 Å². The highest BCUT2D eigenvalue weighted by molar-refractivity contribution is 6.06. The summed E-state index contributed by atoms with van der Waals surface area (Å²) in [5, 5.41) is 17.4. The summed E-state index contributed by atoms with van der Waals surface area (Å²) >= 11 is 0. The molecule has 1 unspecified atom stereocenters. The lowest BCUT2D eigenvalue weighted by Gasteiger charge is -2.10. The molecule has 2 aromatic rings. The molecule has 3 N–H and O–H groups in total. The number of H-pyrrole nitrogens is 1. The zero-order valence-corrected chi connectivity index (χ0v) is 13.0. The molecule has 8 nitrogen and oxygen atoms in total. The number of nitro groups is 1. The van der Waals surface area contributed by atoms with Gasteiger partial charge >= 0.3 is 0 Å². The van der Waals surface area contributed by atoms with Gasteiger partial charge in [-0.25, -0.2) is 0 Å². The Morgan fingerprint density at radius 1 is 1.38 bits per heavy atom. The van der Waals surface area contributed by atoms with Crippen molar-refractivity contribution in [3.8, 4) is 0 Å². The fourth-order valence-corrected chi connectivity index (χ4v) is 2.99. The van der Waals surface area contributed by atoms with Gasteiger partial charge in [0.05, 0.1) is 10.5 Å². The lowest BCUT2D eigenvalue weighted by atomic mass is 10.0. The number of fused-ring (bicyclic) bond motifs is 1. The number of non-ortho nitro benzene ring substituents is 1. The molecule has 24 heavy (non-hydrogen) atoms. The van der Waals surface area contributed by atoms with Crippen LogP contribution in [0.15, 0.2) is 29.1 Å². The average molecular weight is 330 g/mol. The third-order valence-corrected chi connectivity index (χ3v) is 4.28. The second-order valence-corrected chi connectivity index (χ2v) is 5.94. The molecule has 1 atom stereocenters. The topological polar surface area (TPSA) is 117 Å². The van der Waals surface area contributed by atoms with Crippen LogP contribution in [-0.2, 0) is 0 Å². The summed E-state index contributed by atoms with van der Waals surface area (Å²) < 4.78 is 0. The number of pyridine rings is 1. The fraction of sp³-hybridized carbons (Fsp3) is 0.375. The van der Waals surface area contributed by atoms with Gasteiger partial charge in [0.1, 0.15) is 0 Å². The first-order valence-electron chi connectivity index (χ1n) is 7.85. The normalized spacial score (nSPS) is 17.1. The maximum atomic E-state index is 12.4. The van der Waals surface area contributed by atoms with Crippen LogP contribution in [0, 0.1) is 16.0 Å². The number of hydrogen-bond donors (Lipinski definition) is 3. The van der Waals surface area contributed by atoms with Gasteiger partial charge in [0.25, 0.3) is 11.6 Å². The summed E-state index contributed by atoms with van der Waals surface area (Å²) in [7, 11) is 0. The number of carbonyl (C=O) groups excluding carboxylic acids is 1. The Kier molecular flexibility index (Phi) is 4.57. The lowest BCUT2D eigenvalue weighted by Crippen LogP contribution is -2.27. The van der Waals surface area contributed by atoms with Gasteiger partial charge in [-0.1, -0.05) is 0 Å². The van der Waals surface area contributed by atoms with Gasteiger partial charge in [-0.05, 0) is 37.9 Å². The molecule has 1 amide bonds. The first-order chi connectivity index (χ1) is 11.5. The van der Waals surface area contributed by atoms with E-state index in [9.17, 15) is 19.7 Å². The number of amides is 1. The minimum atomic E-state index is -0.528. The first-order valence-corrected chi connectivity index (χ1v) is 7.85. The Morgan fingerprint density at radius 3 is 2.92 bits per heavy atom. The Bertz CT molecular complexity index is 840. The van der Waals surface area contributed by atoms with Crippen LogP contribution in [0.25, 0.3) is 10.9 Å². The van der Waals surface area contributed by atoms with E-state index in [1.54, 1.807) is 0 Å². The molecule has 0 saturated carbocycles. The van der Waals surface area contributed by atoms with Crippen LogP contribution >= 0.6 is 0 Å². The number of rotatable bonds is 5. The number of aromatic nitrogens is 1. The predicted octanol–water partition coefficient (Wildman–Crippen LogP) is 1.17. The molecule has 8 heteroatoms. The van der Waals surface area contributed by atoms with Crippen molar-refractivity contribution >= 4 is 22.5 Å². The number of nitro benzene ring substituents is 1. The molecule has 2 heterocycles. The molecular weight excluding hydrogens is 312 g/mol. The van der Waals surface area contributed by atoms with Crippen molar-refractivity contribution < 1.29 is 9.72 Å². The Labute approximate surface area is 137 Å². The highest BCUT2D eigenvalue weighted by Gasteiger charge is 2.17. The van der Waals surface area contributed by atoms with Gasteiger partial charge in [0.15, 0.2) is 0 Å². The molecule has 1 fully saturated rings. The summed E-state index contributed by atoms with van der Waals surface area (Å²) in [6.45, 7) is 2.46. The van der Waals surface area contributed by atoms with Crippen molar-refractivity contribution in [2.24, 2.45) is 5.92 Å². The number of hydrogen-bond acceptors (Lipinski definition) is 5. The second kappa shape index (κ2) is 6.79. The quantitative estimate of drug-likeness (QED) is 0.562. The molecule has 1 saturated heterocycles. The summed E-state index contributed by atoms with van der Waals surface area (Å²) in [5.74, 6) is 0.153. The SMILES string of the molecule is O=C(NCCC1CCNC1)c1cc(=O)[nH]c2ccc([N+](=O)[O-])cc12. The van der Waals surface area contributed by atoms with E-state index in [0.717, 1.165) is 25.9 Å². The third-order valence-electron chi connectivity index (χ3n) is 4.28. The smallest absolute Gasteiger partial charge is 0.270 e. The van der Waals surface area contributed by atoms with Gasteiger partial charge in [-0.2, -0.15) is 0 Å². The van der Waals surface area contributed by atoms with E-state index in [0.29, 0.717) is 23.4 Å². The molecule has 1 aliphatic rings. The number of nitrogens with one attached hydrogen (secondary N) is 3. The molecule has 1 aliphatic heterocycles. The average Bonchev–Trinajstić information content (AvgIpc) is 3.06. The van der Waals surface area contributed by atoms with Gasteiger partial charge in [0.2, 0.25) is 5.56 Å². The maximum absolute atomic E-state index is 12.4. The summed E-state index contributed by atoms with van der Waals surface area (Å²) in [6, 6.07) is 5.22. The van der Waals surface area contributed by atoms with E-state index < -0.39 is 16.4 Å². The molecule has 0 spiro atoms. The number of nitrogens with zero attached hydrogens (tertiary/aromatic N) is 1. The zero-order valence-electron chi connectivity index (χ0n) is 13.0. The van der Waals surface area contributed by atoms with E-state index in [1.807, 2.05) is 0 Å². The molecule has 3 rings (SSSR count). The number of aromatic amines is 1. The molecular formula is C16H18N4O4. The van der Waals surface area contributed by atoms with Gasteiger partial charge in [-0.15, -0.1) is 0 Å². The Morgan fingerprint density at radius 2 is 2.21 bits per heavy atom. The number of benzene rings is 1. The van der Waals surface area contributed by atoms with Crippen LogP contribution in [0.1, 0.15) is 23.2 Å². The van der Waals surface area contributed by atoms with Crippen molar-refractivity contribution in [2.45, 2.75) is 12.8 Å². The van der Waals surface area contributed by atoms with Crippen LogP contribution in [0.2, 0.25) is 0 Å². The Balaban J connectivity index is 1.83. The molecule has 0 radical (unpaired) electrons. The van der Waals surface area contributed by atoms with Crippen LogP contribution in [0.4, 0.5) is 5.69 Å². The minimum absolute atomic E-state index is 0.124. The van der Waals surface area contributed by atoms with E-state index in [-0.39, 0.29) is 11.3 Å². The lowest BCUT2D eigenvalue weighted by molar-refractivity contribution is -0.384. The minimum Gasteiger partial charge on any atom is -0.352 e. The predicted molar refractivity (Wildman–Crippen MR) is 89.2 cm³/mol. The van der Waals surface area contributed by atoms with Crippen molar-refractivity contribution in [1.29, 1.82) is 0 Å². The number of carbonyl (C=O) groups is 1. The summed E-state index contributed by atoms with van der Waals surface area (Å²) in [6.07, 6.45) is 1.95. The monoisotopic (exact) mass is 330 g/mol. The van der Waals surface area contributed by atoms with Crippen LogP contribution in [0.3, 0.4) is 0 Å². The van der Waals surface area contributed by atoms with E-state index in [2.05, 4.69) is 15.6 Å². The van der Waals surface area contributed by atoms with E-state index in [1.165, 1.54) is 24.3 Å². The molecule has 1 aromatic carbocycles. The Hall–Kier alpha value is -2.74. The molecule has 0 aliphatic carbocycles. The van der Waals surface area contributed by atoms with Gasteiger partial charge in [-0.3, -0.25) is 19.7 Å². The van der Waals surface area contributed by atoms with Crippen molar-refractivity contribution in [3.05, 3.63) is 50.3 Å². The van der Waals surface area contributed by atoms with Crippen molar-refractivity contribution in [3.63, 3.8) is 0 Å². The first kappa shape index (κ1) is 16.1. The standard InChI is InChI=1S/C16H18N4O4/c21-15-8-13(16(22)18-6-4-10-3-5-17-9-10)12-7-11(20(23)24)1-2-14(12)19-15/h1-2,7-8,10,17H,3-6,9H2,(H,18,22)(H,19,21). The van der Waals surface area contributed by atoms with Crippen molar-refractivity contribution in [1.82, 2.24) is 15.6 Å². The maximum Gasteiger partial charge on any atom is 0.270 e. The van der Waals surface area contributed by atoms with Crippen LogP contribution in [0.5, 0.6) is 0 Å². The molecule has 0 bridgehead atoms. The summed E-state index contributed by atoms with van der Waals surface area (Å²) in [5.41, 5.74) is 0.0161. The summed E-state index contributed by atoms with van der Waals surface area (Å²) in [4.78, 5) is 37.1. The highest BCUT2D eigenvalue weighted by atomic mass is 16.6. The largest absolute Gasteiger partial charge is 0.352 e. The molecule has 126 valence electrons. The zero-order chi connectivity index (χ0) is 17.1. The second-order valence-electron chi connectivity index (χ2n) is 5.94. The van der Waals surface area contributed by atoms with E-state index >= 15 is 0 Å². The van der Waals surface area contributed by atoms with Gasteiger partial charge in [0, 0.05) is 35.6 Å². The van der Waals surface area contributed by atoms with Crippen molar-refractivity contribution in [2.75, 3.05) is 19.6 Å². The van der Waals surface area contributed by atoms with Gasteiger partial charge < -0.3 is 15.6 Å². The molecule has 1 aromatic heterocycles. The fourth-order valence-electron chi connectivity index (χ4n) is 2.99. The van der Waals surface area contributed by atoms with Crippen LogP contribution in [-0.4, -0.2) is 35.4 Å². The third kappa shape index (κ3) is 3.43.